The Kier molecular flexibility index (Phi) is 5.05. The molecule has 0 saturated carbocycles. The predicted molar refractivity (Wildman–Crippen MR) is 118 cm³/mol. The van der Waals surface area contributed by atoms with E-state index >= 15 is 0 Å². The Morgan fingerprint density at radius 1 is 0.321 bits per heavy atom. The Morgan fingerprint density at radius 2 is 0.536 bits per heavy atom. The van der Waals surface area contributed by atoms with Crippen LogP contribution in [0.15, 0.2) is 121 Å². The molecule has 1 heterocycles. The van der Waals surface area contributed by atoms with Gasteiger partial charge in [-0.2, -0.15) is 0 Å². The van der Waals surface area contributed by atoms with Crippen molar-refractivity contribution in [2.45, 2.75) is 0 Å². The average Bonchev–Trinajstić information content (AvgIpc) is 2.76. The van der Waals surface area contributed by atoms with E-state index in [2.05, 4.69) is 121 Å². The Morgan fingerprint density at radius 3 is 0.750 bits per heavy atom. The maximum absolute atomic E-state index is 7.26. The van der Waals surface area contributed by atoms with Crippen LogP contribution in [0.3, 0.4) is 0 Å². The van der Waals surface area contributed by atoms with Gasteiger partial charge in [-0.15, -0.1) is 0 Å². The van der Waals surface area contributed by atoms with Crippen molar-refractivity contribution >= 4 is 52.7 Å². The summed E-state index contributed by atoms with van der Waals surface area (Å²) in [7, 11) is 0. The van der Waals surface area contributed by atoms with E-state index in [4.69, 9.17) is 2.82 Å². The first-order valence-corrected chi connectivity index (χ1v) is 19.8. The van der Waals surface area contributed by atoms with E-state index in [-0.39, 0.29) is 0 Å². The van der Waals surface area contributed by atoms with Gasteiger partial charge in [0, 0.05) is 0 Å². The molecule has 2 nitrogen and oxygen atoms in total. The molecule has 0 unspecified atom stereocenters. The summed E-state index contributed by atoms with van der Waals surface area (Å²) in [6.45, 7) is 0. The average molecular weight is 578 g/mol. The van der Waals surface area contributed by atoms with E-state index in [1.165, 1.54) is 14.3 Å². The van der Waals surface area contributed by atoms with Gasteiger partial charge in [-0.3, -0.25) is 0 Å². The van der Waals surface area contributed by atoms with Gasteiger partial charge in [0.2, 0.25) is 0 Å². The van der Waals surface area contributed by atoms with E-state index < -0.39 is 38.4 Å². The van der Waals surface area contributed by atoms with Crippen LogP contribution in [0.5, 0.6) is 0 Å². The second-order valence-corrected chi connectivity index (χ2v) is 29.5. The standard InChI is InChI=1S/4C6H5.2O.2Sn/c4*1-2-4-6-5-3-1;;;;/h4*1-5H;;;;. The van der Waals surface area contributed by atoms with E-state index in [9.17, 15) is 0 Å². The zero-order valence-corrected chi connectivity index (χ0v) is 21.1. The van der Waals surface area contributed by atoms with Gasteiger partial charge in [0.05, 0.1) is 0 Å². The van der Waals surface area contributed by atoms with Gasteiger partial charge in [-0.05, 0) is 0 Å². The van der Waals surface area contributed by atoms with Gasteiger partial charge in [-0.25, -0.2) is 0 Å². The summed E-state index contributed by atoms with van der Waals surface area (Å²) in [4.78, 5) is 0. The third-order valence-corrected chi connectivity index (χ3v) is 43.0. The topological polar surface area (TPSA) is 18.5 Å². The Balaban J connectivity index is 1.67. The molecule has 28 heavy (non-hydrogen) atoms. The molecule has 0 atom stereocenters. The molecule has 1 aliphatic heterocycles. The molecule has 0 aliphatic carbocycles. The summed E-state index contributed by atoms with van der Waals surface area (Å²) in [6, 6.07) is 42.3. The normalized spacial score (nSPS) is 16.9. The monoisotopic (exact) mass is 580 g/mol. The van der Waals surface area contributed by atoms with Crippen LogP contribution in [0.25, 0.3) is 0 Å². The van der Waals surface area contributed by atoms with Gasteiger partial charge in [0.15, 0.2) is 0 Å². The first kappa shape index (κ1) is 18.4. The van der Waals surface area contributed by atoms with E-state index in [0.717, 1.165) is 0 Å². The van der Waals surface area contributed by atoms with E-state index in [1.54, 1.807) is 0 Å². The van der Waals surface area contributed by atoms with Gasteiger partial charge in [-0.1, -0.05) is 0 Å². The minimum absolute atomic E-state index is 1.24. The molecular weight excluding hydrogens is 558 g/mol. The zero-order chi connectivity index (χ0) is 18.9. The zero-order valence-electron chi connectivity index (χ0n) is 15.4. The molecule has 1 aliphatic rings. The van der Waals surface area contributed by atoms with Crippen molar-refractivity contribution in [3.8, 4) is 0 Å². The van der Waals surface area contributed by atoms with Crippen molar-refractivity contribution in [2.75, 3.05) is 0 Å². The van der Waals surface area contributed by atoms with Crippen LogP contribution in [0.1, 0.15) is 0 Å². The number of rotatable bonds is 4. The molecule has 0 spiro atoms. The third kappa shape index (κ3) is 3.03. The summed E-state index contributed by atoms with van der Waals surface area (Å²) in [6.07, 6.45) is 0. The molecule has 0 bridgehead atoms. The SMILES string of the molecule is c1cc[c]([Sn]2([c]3ccccc3)[O][Sn]([c]3ccccc3)([c]3ccccc3)[O]2)cc1. The van der Waals surface area contributed by atoms with Crippen LogP contribution in [0, 0.1) is 0 Å². The molecule has 5 rings (SSSR count). The van der Waals surface area contributed by atoms with Gasteiger partial charge in [0.1, 0.15) is 0 Å². The second-order valence-electron chi connectivity index (χ2n) is 6.90. The van der Waals surface area contributed by atoms with Crippen LogP contribution < -0.4 is 14.3 Å². The number of hydrogen-bond acceptors (Lipinski definition) is 2. The first-order valence-electron chi connectivity index (χ1n) is 9.46. The fraction of sp³-hybridized carbons (Fsp3) is 0. The molecule has 0 radical (unpaired) electrons. The summed E-state index contributed by atoms with van der Waals surface area (Å²) in [5, 5.41) is 0. The fourth-order valence-corrected chi connectivity index (χ4v) is 51.8. The summed E-state index contributed by atoms with van der Waals surface area (Å²) < 4.78 is 19.5. The molecule has 4 heteroatoms. The molecule has 4 aromatic carbocycles. The van der Waals surface area contributed by atoms with Crippen molar-refractivity contribution in [3.63, 3.8) is 0 Å². The summed E-state index contributed by atoms with van der Waals surface area (Å²) >= 11 is -7.30. The molecule has 4 aromatic rings. The summed E-state index contributed by atoms with van der Waals surface area (Å²) in [5.74, 6) is 0. The fourth-order valence-electron chi connectivity index (χ4n) is 3.85. The molecular formula is C24H20O2Sn2. The van der Waals surface area contributed by atoms with Crippen molar-refractivity contribution in [2.24, 2.45) is 0 Å². The van der Waals surface area contributed by atoms with Crippen LogP contribution in [-0.2, 0) is 2.82 Å². The van der Waals surface area contributed by atoms with Crippen LogP contribution in [-0.4, -0.2) is 38.4 Å². The van der Waals surface area contributed by atoms with Gasteiger partial charge >= 0.3 is 177 Å². The molecule has 0 amide bonds. The molecule has 1 fully saturated rings. The minimum atomic E-state index is -3.65. The van der Waals surface area contributed by atoms with E-state index in [0.29, 0.717) is 0 Å². The number of hydrogen-bond donors (Lipinski definition) is 0. The van der Waals surface area contributed by atoms with Crippen molar-refractivity contribution in [1.29, 1.82) is 0 Å². The van der Waals surface area contributed by atoms with Crippen LogP contribution in [0.4, 0.5) is 0 Å². The Labute approximate surface area is 175 Å². The molecule has 136 valence electrons. The van der Waals surface area contributed by atoms with Crippen molar-refractivity contribution in [1.82, 2.24) is 0 Å². The molecule has 0 N–H and O–H groups in total. The predicted octanol–water partition coefficient (Wildman–Crippen LogP) is 2.55. The van der Waals surface area contributed by atoms with Crippen LogP contribution >= 0.6 is 0 Å². The van der Waals surface area contributed by atoms with Gasteiger partial charge < -0.3 is 0 Å². The van der Waals surface area contributed by atoms with Crippen LogP contribution in [0.2, 0.25) is 0 Å². The summed E-state index contributed by atoms with van der Waals surface area (Å²) in [5.41, 5.74) is 0. The van der Waals surface area contributed by atoms with Crippen molar-refractivity contribution < 1.29 is 2.82 Å². The van der Waals surface area contributed by atoms with Crippen molar-refractivity contribution in [3.05, 3.63) is 121 Å². The first-order chi connectivity index (χ1) is 13.8. The Bertz CT molecular complexity index is 879. The Hall–Kier alpha value is -1.60. The van der Waals surface area contributed by atoms with E-state index in [1.807, 2.05) is 0 Å². The molecule has 1 saturated heterocycles. The quantitative estimate of drug-likeness (QED) is 0.347. The maximum atomic E-state index is 7.26. The number of benzene rings is 4. The molecule has 0 aromatic heterocycles. The second kappa shape index (κ2) is 7.67. The third-order valence-electron chi connectivity index (χ3n) is 5.19. The van der Waals surface area contributed by atoms with Gasteiger partial charge in [0.25, 0.3) is 0 Å².